The van der Waals surface area contributed by atoms with Crippen molar-refractivity contribution in [3.8, 4) is 0 Å². The molecule has 0 aromatic heterocycles. The van der Waals surface area contributed by atoms with Gasteiger partial charge in [-0.1, -0.05) is 58.9 Å². The lowest BCUT2D eigenvalue weighted by atomic mass is 9.84. The molecule has 5 nitrogen and oxygen atoms in total. The van der Waals surface area contributed by atoms with Gasteiger partial charge < -0.3 is 4.74 Å². The summed E-state index contributed by atoms with van der Waals surface area (Å²) in [6.45, 7) is 14.6. The Hall–Kier alpha value is -2.95. The quantitative estimate of drug-likeness (QED) is 0.453. The highest BCUT2D eigenvalue weighted by molar-refractivity contribution is 6.22. The standard InChI is InChI=1S/C27H33NO4/c1-16(2)12-23(28-24(29)20-10-8-9-11-21(20)25(28)30)26(31)32-15-22-17(3)13-19(14-18(22)4)27(5,6)7/h8-11,13-14,16,23H,12,15H2,1-7H3. The minimum absolute atomic E-state index is 0.0264. The van der Waals surface area contributed by atoms with E-state index in [9.17, 15) is 14.4 Å². The lowest BCUT2D eigenvalue weighted by Gasteiger charge is -2.26. The van der Waals surface area contributed by atoms with E-state index in [-0.39, 0.29) is 17.9 Å². The van der Waals surface area contributed by atoms with Crippen LogP contribution in [0.3, 0.4) is 0 Å². The number of ether oxygens (including phenoxy) is 1. The molecule has 1 atom stereocenters. The molecule has 0 bridgehead atoms. The van der Waals surface area contributed by atoms with Crippen molar-refractivity contribution in [1.29, 1.82) is 0 Å². The third-order valence-corrected chi connectivity index (χ3v) is 6.02. The number of carbonyl (C=O) groups is 3. The molecule has 2 aromatic rings. The third-order valence-electron chi connectivity index (χ3n) is 6.02. The van der Waals surface area contributed by atoms with Gasteiger partial charge in [-0.25, -0.2) is 4.79 Å². The number of hydrogen-bond acceptors (Lipinski definition) is 4. The van der Waals surface area contributed by atoms with Crippen LogP contribution >= 0.6 is 0 Å². The molecular formula is C27H33NO4. The van der Waals surface area contributed by atoms with Crippen molar-refractivity contribution in [2.45, 2.75) is 73.0 Å². The van der Waals surface area contributed by atoms with E-state index in [4.69, 9.17) is 4.74 Å². The number of hydrogen-bond donors (Lipinski definition) is 0. The van der Waals surface area contributed by atoms with Gasteiger partial charge in [-0.2, -0.15) is 0 Å². The van der Waals surface area contributed by atoms with Gasteiger partial charge in [0.2, 0.25) is 0 Å². The molecule has 2 aromatic carbocycles. The Morgan fingerprint density at radius 1 is 0.969 bits per heavy atom. The number of nitrogens with zero attached hydrogens (tertiary/aromatic N) is 1. The number of fused-ring (bicyclic) bond motifs is 1. The fourth-order valence-corrected chi connectivity index (χ4v) is 4.14. The van der Waals surface area contributed by atoms with Crippen molar-refractivity contribution in [2.75, 3.05) is 0 Å². The molecule has 1 heterocycles. The van der Waals surface area contributed by atoms with E-state index in [1.807, 2.05) is 27.7 Å². The molecule has 170 valence electrons. The highest BCUT2D eigenvalue weighted by Gasteiger charge is 2.43. The predicted molar refractivity (Wildman–Crippen MR) is 125 cm³/mol. The van der Waals surface area contributed by atoms with Crippen molar-refractivity contribution in [3.05, 3.63) is 69.8 Å². The summed E-state index contributed by atoms with van der Waals surface area (Å²) in [6, 6.07) is 9.99. The van der Waals surface area contributed by atoms with Gasteiger partial charge in [0.05, 0.1) is 11.1 Å². The molecule has 0 spiro atoms. The second-order valence-corrected chi connectivity index (χ2v) is 10.1. The van der Waals surface area contributed by atoms with Crippen LogP contribution in [-0.2, 0) is 21.6 Å². The number of amides is 2. The molecule has 2 amide bonds. The number of benzene rings is 2. The van der Waals surface area contributed by atoms with E-state index in [1.165, 1.54) is 5.56 Å². The molecule has 0 N–H and O–H groups in total. The van der Waals surface area contributed by atoms with E-state index < -0.39 is 23.8 Å². The maximum atomic E-state index is 13.2. The molecule has 32 heavy (non-hydrogen) atoms. The Morgan fingerprint density at radius 2 is 1.47 bits per heavy atom. The second kappa shape index (κ2) is 8.89. The summed E-state index contributed by atoms with van der Waals surface area (Å²) in [5.74, 6) is -1.32. The zero-order valence-corrected chi connectivity index (χ0v) is 20.1. The van der Waals surface area contributed by atoms with Crippen molar-refractivity contribution in [3.63, 3.8) is 0 Å². The molecule has 3 rings (SSSR count). The first-order valence-corrected chi connectivity index (χ1v) is 11.2. The lowest BCUT2D eigenvalue weighted by molar-refractivity contribution is -0.150. The van der Waals surface area contributed by atoms with Crippen molar-refractivity contribution >= 4 is 17.8 Å². The maximum absolute atomic E-state index is 13.2. The largest absolute Gasteiger partial charge is 0.459 e. The number of esters is 1. The monoisotopic (exact) mass is 435 g/mol. The molecule has 0 saturated heterocycles. The van der Waals surface area contributed by atoms with Crippen LogP contribution in [0.4, 0.5) is 0 Å². The van der Waals surface area contributed by atoms with E-state index >= 15 is 0 Å². The first-order chi connectivity index (χ1) is 14.9. The van der Waals surface area contributed by atoms with Gasteiger partial charge >= 0.3 is 5.97 Å². The zero-order valence-electron chi connectivity index (χ0n) is 20.1. The van der Waals surface area contributed by atoms with Crippen LogP contribution in [0.5, 0.6) is 0 Å². The SMILES string of the molecule is Cc1cc(C(C)(C)C)cc(C)c1COC(=O)C(CC(C)C)N1C(=O)c2ccccc2C1=O. The molecule has 1 unspecified atom stereocenters. The highest BCUT2D eigenvalue weighted by atomic mass is 16.5. The smallest absolute Gasteiger partial charge is 0.329 e. The summed E-state index contributed by atoms with van der Waals surface area (Å²) in [5, 5.41) is 0. The van der Waals surface area contributed by atoms with Gasteiger partial charge in [-0.05, 0) is 66.0 Å². The highest BCUT2D eigenvalue weighted by Crippen LogP contribution is 2.29. The van der Waals surface area contributed by atoms with Crippen molar-refractivity contribution in [1.82, 2.24) is 4.90 Å². The maximum Gasteiger partial charge on any atom is 0.329 e. The Bertz CT molecular complexity index is 1000. The fourth-order valence-electron chi connectivity index (χ4n) is 4.14. The summed E-state index contributed by atoms with van der Waals surface area (Å²) in [7, 11) is 0. The molecule has 0 radical (unpaired) electrons. The van der Waals surface area contributed by atoms with Crippen molar-refractivity contribution < 1.29 is 19.1 Å². The predicted octanol–water partition coefficient (Wildman–Crippen LogP) is 5.36. The summed E-state index contributed by atoms with van der Waals surface area (Å²) < 4.78 is 5.70. The van der Waals surface area contributed by atoms with Crippen LogP contribution in [-0.4, -0.2) is 28.7 Å². The zero-order chi connectivity index (χ0) is 23.8. The van der Waals surface area contributed by atoms with Crippen LogP contribution in [0.25, 0.3) is 0 Å². The Kier molecular flexibility index (Phi) is 6.59. The van der Waals surface area contributed by atoms with Crippen LogP contribution < -0.4 is 0 Å². The van der Waals surface area contributed by atoms with E-state index in [2.05, 4.69) is 32.9 Å². The average molecular weight is 436 g/mol. The number of aryl methyl sites for hydroxylation is 2. The molecule has 0 fully saturated rings. The molecular weight excluding hydrogens is 402 g/mol. The summed E-state index contributed by atoms with van der Waals surface area (Å²) in [6.07, 6.45) is 0.352. The van der Waals surface area contributed by atoms with Gasteiger partial charge in [0.1, 0.15) is 12.6 Å². The van der Waals surface area contributed by atoms with Crippen LogP contribution in [0.2, 0.25) is 0 Å². The molecule has 0 saturated carbocycles. The number of carbonyl (C=O) groups excluding carboxylic acids is 3. The van der Waals surface area contributed by atoms with Gasteiger partial charge in [0.15, 0.2) is 0 Å². The van der Waals surface area contributed by atoms with E-state index in [1.54, 1.807) is 24.3 Å². The average Bonchev–Trinajstić information content (AvgIpc) is 2.95. The van der Waals surface area contributed by atoms with Gasteiger partial charge in [-0.3, -0.25) is 14.5 Å². The Balaban J connectivity index is 1.83. The summed E-state index contributed by atoms with van der Waals surface area (Å²) in [5.41, 5.74) is 5.00. The van der Waals surface area contributed by atoms with Crippen LogP contribution in [0.15, 0.2) is 36.4 Å². The van der Waals surface area contributed by atoms with Gasteiger partial charge in [0.25, 0.3) is 11.8 Å². The normalized spacial score (nSPS) is 14.7. The van der Waals surface area contributed by atoms with Gasteiger partial charge in [0, 0.05) is 0 Å². The first kappa shape index (κ1) is 23.7. The van der Waals surface area contributed by atoms with Crippen molar-refractivity contribution in [2.24, 2.45) is 5.92 Å². The molecule has 1 aliphatic heterocycles. The van der Waals surface area contributed by atoms with Gasteiger partial charge in [-0.15, -0.1) is 0 Å². The van der Waals surface area contributed by atoms with E-state index in [0.717, 1.165) is 21.6 Å². The fraction of sp³-hybridized carbons (Fsp3) is 0.444. The molecule has 1 aliphatic rings. The minimum atomic E-state index is -0.947. The molecule has 5 heteroatoms. The first-order valence-electron chi connectivity index (χ1n) is 11.2. The lowest BCUT2D eigenvalue weighted by Crippen LogP contribution is -2.46. The summed E-state index contributed by atoms with van der Waals surface area (Å²) in [4.78, 5) is 40.1. The van der Waals surface area contributed by atoms with Crippen LogP contribution in [0, 0.1) is 19.8 Å². The minimum Gasteiger partial charge on any atom is -0.459 e. The number of rotatable bonds is 6. The summed E-state index contributed by atoms with van der Waals surface area (Å²) >= 11 is 0. The number of imide groups is 1. The van der Waals surface area contributed by atoms with Crippen LogP contribution in [0.1, 0.15) is 84.0 Å². The molecule has 0 aliphatic carbocycles. The van der Waals surface area contributed by atoms with E-state index in [0.29, 0.717) is 17.5 Å². The Morgan fingerprint density at radius 3 is 1.91 bits per heavy atom. The second-order valence-electron chi connectivity index (χ2n) is 10.1. The Labute approximate surface area is 190 Å². The topological polar surface area (TPSA) is 63.7 Å². The third kappa shape index (κ3) is 4.62.